The average Bonchev–Trinajstić information content (AvgIpc) is 3.13. The number of rotatable bonds is 4. The zero-order chi connectivity index (χ0) is 17.9. The molecule has 2 heterocycles. The number of aromatic nitrogens is 1. The van der Waals surface area contributed by atoms with Crippen molar-refractivity contribution in [1.82, 2.24) is 9.88 Å². The Kier molecular flexibility index (Phi) is 4.63. The van der Waals surface area contributed by atoms with E-state index in [-0.39, 0.29) is 17.8 Å². The fraction of sp³-hybridized carbons (Fsp3) is 0.238. The highest BCUT2D eigenvalue weighted by molar-refractivity contribution is 5.95. The number of hydrogen-bond donors (Lipinski definition) is 1. The Morgan fingerprint density at radius 3 is 2.85 bits per heavy atom. The smallest absolute Gasteiger partial charge is 0.241 e. The van der Waals surface area contributed by atoms with Crippen LogP contribution in [0.4, 0.5) is 10.1 Å². The lowest BCUT2D eigenvalue weighted by molar-refractivity contribution is -0.120. The van der Waals surface area contributed by atoms with Crippen LogP contribution in [-0.4, -0.2) is 28.4 Å². The van der Waals surface area contributed by atoms with Gasteiger partial charge in [-0.25, -0.2) is 4.39 Å². The first-order chi connectivity index (χ1) is 12.7. The molecule has 26 heavy (non-hydrogen) atoms. The number of carbonyl (C=O) groups excluding carboxylic acids is 1. The molecule has 1 aromatic heterocycles. The molecular formula is C21H20FN3O. The molecular weight excluding hydrogens is 329 g/mol. The number of halogens is 1. The molecule has 0 radical (unpaired) electrons. The Morgan fingerprint density at radius 1 is 1.15 bits per heavy atom. The Hall–Kier alpha value is -2.79. The average molecular weight is 349 g/mol. The highest BCUT2D eigenvalue weighted by Gasteiger charge is 2.31. The van der Waals surface area contributed by atoms with Crippen molar-refractivity contribution < 1.29 is 9.18 Å². The summed E-state index contributed by atoms with van der Waals surface area (Å²) in [6, 6.07) is 16.0. The van der Waals surface area contributed by atoms with Crippen LogP contribution in [0, 0.1) is 5.82 Å². The number of likely N-dealkylation sites (tertiary alicyclic amines) is 1. The van der Waals surface area contributed by atoms with Gasteiger partial charge in [-0.3, -0.25) is 14.7 Å². The van der Waals surface area contributed by atoms with Crippen LogP contribution in [0.3, 0.4) is 0 Å². The molecule has 5 heteroatoms. The van der Waals surface area contributed by atoms with E-state index in [1.165, 1.54) is 6.07 Å². The Labute approximate surface area is 151 Å². The number of carbonyl (C=O) groups is 1. The minimum Gasteiger partial charge on any atom is -0.325 e. The monoisotopic (exact) mass is 349 g/mol. The van der Waals surface area contributed by atoms with Crippen LogP contribution >= 0.6 is 0 Å². The van der Waals surface area contributed by atoms with Gasteiger partial charge in [-0.05, 0) is 55.3 Å². The fourth-order valence-corrected chi connectivity index (χ4v) is 3.60. The van der Waals surface area contributed by atoms with E-state index in [9.17, 15) is 9.18 Å². The molecule has 1 aliphatic rings. The van der Waals surface area contributed by atoms with Gasteiger partial charge in [-0.15, -0.1) is 0 Å². The van der Waals surface area contributed by atoms with E-state index in [0.717, 1.165) is 30.6 Å². The lowest BCUT2D eigenvalue weighted by Gasteiger charge is -2.24. The van der Waals surface area contributed by atoms with Crippen LogP contribution < -0.4 is 5.32 Å². The molecule has 132 valence electrons. The van der Waals surface area contributed by atoms with Crippen LogP contribution in [0.15, 0.2) is 60.8 Å². The topological polar surface area (TPSA) is 45.2 Å². The van der Waals surface area contributed by atoms with Gasteiger partial charge in [0.1, 0.15) is 5.82 Å². The molecule has 4 nitrogen and oxygen atoms in total. The number of nitrogens with zero attached hydrogens (tertiary/aromatic N) is 2. The summed E-state index contributed by atoms with van der Waals surface area (Å²) in [4.78, 5) is 19.2. The Morgan fingerprint density at radius 2 is 2.00 bits per heavy atom. The van der Waals surface area contributed by atoms with Gasteiger partial charge in [-0.2, -0.15) is 0 Å². The first-order valence-electron chi connectivity index (χ1n) is 8.84. The van der Waals surface area contributed by atoms with Gasteiger partial charge in [0.2, 0.25) is 5.91 Å². The van der Waals surface area contributed by atoms with E-state index in [0.29, 0.717) is 17.4 Å². The molecule has 0 aliphatic carbocycles. The maximum absolute atomic E-state index is 14.0. The molecule has 0 spiro atoms. The minimum atomic E-state index is -0.267. The summed E-state index contributed by atoms with van der Waals surface area (Å²) >= 11 is 0. The van der Waals surface area contributed by atoms with Gasteiger partial charge >= 0.3 is 0 Å². The Balaban J connectivity index is 1.54. The van der Waals surface area contributed by atoms with Gasteiger partial charge in [-0.1, -0.05) is 24.3 Å². The minimum absolute atomic E-state index is 0.00748. The van der Waals surface area contributed by atoms with Gasteiger partial charge in [0.15, 0.2) is 0 Å². The maximum atomic E-state index is 14.0. The van der Waals surface area contributed by atoms with Crippen molar-refractivity contribution in [2.24, 2.45) is 0 Å². The third kappa shape index (κ3) is 3.30. The molecule has 1 fully saturated rings. The number of anilines is 1. The van der Waals surface area contributed by atoms with Crippen molar-refractivity contribution in [3.63, 3.8) is 0 Å². The van der Waals surface area contributed by atoms with Crippen molar-refractivity contribution in [1.29, 1.82) is 0 Å². The summed E-state index contributed by atoms with van der Waals surface area (Å²) in [5.74, 6) is -0.260. The first-order valence-corrected chi connectivity index (χ1v) is 8.84. The quantitative estimate of drug-likeness (QED) is 0.775. The third-order valence-electron chi connectivity index (χ3n) is 4.88. The van der Waals surface area contributed by atoms with Crippen molar-refractivity contribution in [2.45, 2.75) is 25.4 Å². The number of amides is 1. The van der Waals surface area contributed by atoms with E-state index in [2.05, 4.69) is 15.2 Å². The number of benzene rings is 2. The molecule has 0 unspecified atom stereocenters. The summed E-state index contributed by atoms with van der Waals surface area (Å²) in [5.41, 5.74) is 2.42. The molecule has 1 atom stereocenters. The van der Waals surface area contributed by atoms with Gasteiger partial charge in [0.05, 0.1) is 11.6 Å². The molecule has 1 aliphatic heterocycles. The third-order valence-corrected chi connectivity index (χ3v) is 4.88. The molecule has 1 N–H and O–H groups in total. The van der Waals surface area contributed by atoms with Crippen molar-refractivity contribution >= 4 is 22.5 Å². The van der Waals surface area contributed by atoms with E-state index in [1.54, 1.807) is 24.4 Å². The van der Waals surface area contributed by atoms with Crippen LogP contribution in [0.5, 0.6) is 0 Å². The molecule has 2 aromatic carbocycles. The van der Waals surface area contributed by atoms with Crippen molar-refractivity contribution in [2.75, 3.05) is 11.9 Å². The number of fused-ring (bicyclic) bond motifs is 1. The number of nitrogens with one attached hydrogen (secondary N) is 1. The molecule has 0 saturated carbocycles. The second kappa shape index (κ2) is 7.22. The highest BCUT2D eigenvalue weighted by Crippen LogP contribution is 2.25. The van der Waals surface area contributed by atoms with Crippen molar-refractivity contribution in [3.8, 4) is 0 Å². The summed E-state index contributed by atoms with van der Waals surface area (Å²) < 4.78 is 14.0. The van der Waals surface area contributed by atoms with Crippen LogP contribution in [-0.2, 0) is 11.3 Å². The van der Waals surface area contributed by atoms with Crippen molar-refractivity contribution in [3.05, 3.63) is 72.2 Å². The summed E-state index contributed by atoms with van der Waals surface area (Å²) in [6.45, 7) is 1.43. The number of hydrogen-bond acceptors (Lipinski definition) is 3. The number of pyridine rings is 1. The molecule has 1 amide bonds. The summed E-state index contributed by atoms with van der Waals surface area (Å²) in [6.07, 6.45) is 3.47. The van der Waals surface area contributed by atoms with Gasteiger partial charge < -0.3 is 5.32 Å². The summed E-state index contributed by atoms with van der Waals surface area (Å²) in [5, 5.41) is 3.51. The predicted octanol–water partition coefficient (Wildman–Crippen LogP) is 3.98. The van der Waals surface area contributed by atoms with E-state index < -0.39 is 0 Å². The second-order valence-corrected chi connectivity index (χ2v) is 6.59. The largest absolute Gasteiger partial charge is 0.325 e. The molecule has 1 saturated heterocycles. The maximum Gasteiger partial charge on any atom is 0.241 e. The zero-order valence-corrected chi connectivity index (χ0v) is 14.4. The van der Waals surface area contributed by atoms with Crippen LogP contribution in [0.2, 0.25) is 0 Å². The second-order valence-electron chi connectivity index (χ2n) is 6.59. The predicted molar refractivity (Wildman–Crippen MR) is 100 cm³/mol. The lowest BCUT2D eigenvalue weighted by Crippen LogP contribution is -2.39. The zero-order valence-electron chi connectivity index (χ0n) is 14.4. The van der Waals surface area contributed by atoms with E-state index >= 15 is 0 Å². The number of para-hydroxylation sites is 1. The van der Waals surface area contributed by atoms with Gasteiger partial charge in [0.25, 0.3) is 0 Å². The Bertz CT molecular complexity index is 929. The molecule has 4 rings (SSSR count). The van der Waals surface area contributed by atoms with Crippen LogP contribution in [0.1, 0.15) is 18.4 Å². The van der Waals surface area contributed by atoms with Crippen LogP contribution in [0.25, 0.3) is 10.9 Å². The van der Waals surface area contributed by atoms with E-state index in [1.807, 2.05) is 30.3 Å². The molecule has 0 bridgehead atoms. The summed E-state index contributed by atoms with van der Waals surface area (Å²) in [7, 11) is 0. The first kappa shape index (κ1) is 16.7. The van der Waals surface area contributed by atoms with Gasteiger partial charge in [0, 0.05) is 23.8 Å². The fourth-order valence-electron chi connectivity index (χ4n) is 3.60. The normalized spacial score (nSPS) is 17.5. The van der Waals surface area contributed by atoms with E-state index in [4.69, 9.17) is 0 Å². The standard InChI is InChI=1S/C21H20FN3O/c22-18-11-10-15(20-17(18)8-4-12-23-20)14-25-13-5-9-19(25)21(26)24-16-6-2-1-3-7-16/h1-4,6-8,10-12,19H,5,9,13-14H2,(H,24,26)/t19-/m0/s1. The lowest BCUT2D eigenvalue weighted by atomic mass is 10.1. The molecule has 3 aromatic rings. The SMILES string of the molecule is O=C(Nc1ccccc1)[C@@H]1CCCN1Cc1ccc(F)c2cccnc12. The highest BCUT2D eigenvalue weighted by atomic mass is 19.1.